The Bertz CT molecular complexity index is 1420. The van der Waals surface area contributed by atoms with Gasteiger partial charge in [-0.3, -0.25) is 24.0 Å². The molecule has 0 aliphatic heterocycles. The maximum Gasteiger partial charge on any atom is 0.330 e. The lowest BCUT2D eigenvalue weighted by atomic mass is 10.0. The van der Waals surface area contributed by atoms with E-state index in [0.29, 0.717) is 11.5 Å². The van der Waals surface area contributed by atoms with Gasteiger partial charge in [-0.1, -0.05) is 86.6 Å². The molecule has 3 N–H and O–H groups in total. The van der Waals surface area contributed by atoms with Crippen LogP contribution in [0.4, 0.5) is 11.5 Å². The van der Waals surface area contributed by atoms with Crippen molar-refractivity contribution in [3.63, 3.8) is 0 Å². The molecule has 35 heavy (non-hydrogen) atoms. The van der Waals surface area contributed by atoms with Crippen LogP contribution in [0.25, 0.3) is 0 Å². The third-order valence-electron chi connectivity index (χ3n) is 5.92. The predicted molar refractivity (Wildman–Crippen MR) is 139 cm³/mol. The van der Waals surface area contributed by atoms with Crippen molar-refractivity contribution in [3.05, 3.63) is 128 Å². The zero-order valence-electron chi connectivity index (χ0n) is 19.8. The molecule has 1 heterocycles. The first-order valence-electron chi connectivity index (χ1n) is 11.5. The number of H-pyrrole nitrogens is 1. The molecule has 0 saturated carbocycles. The number of nitrogens with one attached hydrogen (secondary N) is 1. The van der Waals surface area contributed by atoms with E-state index in [-0.39, 0.29) is 30.5 Å². The van der Waals surface area contributed by atoms with Crippen LogP contribution in [-0.2, 0) is 13.1 Å². The molecule has 0 atom stereocenters. The Labute approximate surface area is 203 Å². The van der Waals surface area contributed by atoms with Crippen molar-refractivity contribution in [2.24, 2.45) is 0 Å². The van der Waals surface area contributed by atoms with Gasteiger partial charge in [0, 0.05) is 5.56 Å². The largest absolute Gasteiger partial charge is 0.383 e. The summed E-state index contributed by atoms with van der Waals surface area (Å²) >= 11 is 0. The van der Waals surface area contributed by atoms with Gasteiger partial charge in [-0.2, -0.15) is 0 Å². The summed E-state index contributed by atoms with van der Waals surface area (Å²) in [5.41, 5.74) is 8.20. The van der Waals surface area contributed by atoms with Gasteiger partial charge in [-0.15, -0.1) is 0 Å². The van der Waals surface area contributed by atoms with Crippen molar-refractivity contribution in [1.82, 2.24) is 9.55 Å². The van der Waals surface area contributed by atoms with Crippen LogP contribution < -0.4 is 21.9 Å². The van der Waals surface area contributed by atoms with Gasteiger partial charge in [0.15, 0.2) is 5.69 Å². The molecule has 0 radical (unpaired) electrons. The summed E-state index contributed by atoms with van der Waals surface area (Å²) in [6, 6.07) is 26.0. The molecule has 3 aromatic carbocycles. The zero-order chi connectivity index (χ0) is 24.9. The normalized spacial score (nSPS) is 10.9. The van der Waals surface area contributed by atoms with Crippen molar-refractivity contribution in [3.8, 4) is 0 Å². The second kappa shape index (κ2) is 10.3. The predicted octanol–water partition coefficient (Wildman–Crippen LogP) is 4.14. The lowest BCUT2D eigenvalue weighted by Gasteiger charge is -2.25. The molecular weight excluding hydrogens is 440 g/mol. The molecule has 0 bridgehead atoms. The summed E-state index contributed by atoms with van der Waals surface area (Å²) in [4.78, 5) is 43.1. The fourth-order valence-electron chi connectivity index (χ4n) is 3.95. The first kappa shape index (κ1) is 23.8. The number of anilines is 2. The fourth-order valence-corrected chi connectivity index (χ4v) is 3.95. The minimum atomic E-state index is -0.708. The SMILES string of the molecule is CC(C)c1ccc(C(=O)N(Cc2ccccc2)c2c(N)n(Cc3ccccc3)c(=O)[nH]c2=O)cc1. The van der Waals surface area contributed by atoms with Gasteiger partial charge in [0.05, 0.1) is 13.1 Å². The number of nitrogens with two attached hydrogens (primary N) is 1. The maximum absolute atomic E-state index is 13.7. The van der Waals surface area contributed by atoms with E-state index in [9.17, 15) is 14.4 Å². The average molecular weight is 469 g/mol. The van der Waals surface area contributed by atoms with Gasteiger partial charge < -0.3 is 5.73 Å². The molecule has 7 nitrogen and oxygen atoms in total. The van der Waals surface area contributed by atoms with Gasteiger partial charge in [-0.05, 0) is 34.7 Å². The lowest BCUT2D eigenvalue weighted by molar-refractivity contribution is 0.0984. The standard InChI is InChI=1S/C28H28N4O3/c1-19(2)22-13-15-23(16-14-22)27(34)31(17-20-9-5-3-6-10-20)24-25(29)32(28(35)30-26(24)33)18-21-11-7-4-8-12-21/h3-16,19H,17-18,29H2,1-2H3,(H,30,33,35). The summed E-state index contributed by atoms with van der Waals surface area (Å²) in [6.45, 7) is 4.43. The van der Waals surface area contributed by atoms with E-state index in [0.717, 1.165) is 16.7 Å². The number of carbonyl (C=O) groups excluding carboxylic acids is 1. The number of hydrogen-bond donors (Lipinski definition) is 2. The molecule has 7 heteroatoms. The number of aromatic nitrogens is 2. The Morgan fingerprint density at radius 2 is 1.46 bits per heavy atom. The number of carbonyl (C=O) groups is 1. The summed E-state index contributed by atoms with van der Waals surface area (Å²) in [7, 11) is 0. The van der Waals surface area contributed by atoms with Gasteiger partial charge in [0.1, 0.15) is 5.82 Å². The first-order chi connectivity index (χ1) is 16.8. The highest BCUT2D eigenvalue weighted by Crippen LogP contribution is 2.24. The van der Waals surface area contributed by atoms with Gasteiger partial charge in [0.2, 0.25) is 0 Å². The second-order valence-corrected chi connectivity index (χ2v) is 8.72. The van der Waals surface area contributed by atoms with Crippen LogP contribution in [-0.4, -0.2) is 15.5 Å². The molecule has 0 unspecified atom stereocenters. The van der Waals surface area contributed by atoms with Crippen LogP contribution in [0.5, 0.6) is 0 Å². The molecule has 0 spiro atoms. The molecular formula is C28H28N4O3. The molecule has 0 aliphatic rings. The third kappa shape index (κ3) is 5.24. The summed E-state index contributed by atoms with van der Waals surface area (Å²) in [5.74, 6) is -0.128. The Hall–Kier alpha value is -4.39. The number of rotatable bonds is 7. The molecule has 1 aromatic heterocycles. The molecule has 4 aromatic rings. The van der Waals surface area contributed by atoms with Crippen molar-refractivity contribution >= 4 is 17.4 Å². The number of benzene rings is 3. The van der Waals surface area contributed by atoms with Crippen LogP contribution >= 0.6 is 0 Å². The number of nitrogens with zero attached hydrogens (tertiary/aromatic N) is 2. The van der Waals surface area contributed by atoms with Crippen LogP contribution in [0, 0.1) is 0 Å². The van der Waals surface area contributed by atoms with E-state index < -0.39 is 11.2 Å². The van der Waals surface area contributed by atoms with Gasteiger partial charge in [0.25, 0.3) is 11.5 Å². The highest BCUT2D eigenvalue weighted by Gasteiger charge is 2.26. The molecule has 1 amide bonds. The van der Waals surface area contributed by atoms with E-state index in [1.165, 1.54) is 9.47 Å². The molecule has 0 aliphatic carbocycles. The summed E-state index contributed by atoms with van der Waals surface area (Å²) < 4.78 is 1.28. The number of amides is 1. The van der Waals surface area contributed by atoms with Crippen molar-refractivity contribution in [2.75, 3.05) is 10.6 Å². The van der Waals surface area contributed by atoms with Crippen molar-refractivity contribution in [1.29, 1.82) is 0 Å². The van der Waals surface area contributed by atoms with Crippen LogP contribution in [0.1, 0.15) is 46.8 Å². The van der Waals surface area contributed by atoms with Gasteiger partial charge in [-0.25, -0.2) is 4.79 Å². The Kier molecular flexibility index (Phi) is 6.96. The highest BCUT2D eigenvalue weighted by atomic mass is 16.2. The van der Waals surface area contributed by atoms with Crippen LogP contribution in [0.2, 0.25) is 0 Å². The minimum absolute atomic E-state index is 0.0534. The zero-order valence-corrected chi connectivity index (χ0v) is 19.8. The molecule has 0 fully saturated rings. The lowest BCUT2D eigenvalue weighted by Crippen LogP contribution is -2.41. The van der Waals surface area contributed by atoms with E-state index in [1.807, 2.05) is 72.8 Å². The Balaban J connectivity index is 1.82. The highest BCUT2D eigenvalue weighted by molar-refractivity contribution is 6.07. The Morgan fingerprint density at radius 1 is 0.886 bits per heavy atom. The molecule has 0 saturated heterocycles. The quantitative estimate of drug-likeness (QED) is 0.426. The Morgan fingerprint density at radius 3 is 2.03 bits per heavy atom. The summed E-state index contributed by atoms with van der Waals surface area (Å²) in [5, 5.41) is 0. The first-order valence-corrected chi connectivity index (χ1v) is 11.5. The molecule has 178 valence electrons. The minimum Gasteiger partial charge on any atom is -0.383 e. The topological polar surface area (TPSA) is 101 Å². The fraction of sp³-hybridized carbons (Fsp3) is 0.179. The number of nitrogen functional groups attached to an aromatic ring is 1. The number of aromatic amines is 1. The van der Waals surface area contributed by atoms with E-state index in [4.69, 9.17) is 5.73 Å². The summed E-state index contributed by atoms with van der Waals surface area (Å²) in [6.07, 6.45) is 0. The van der Waals surface area contributed by atoms with Crippen molar-refractivity contribution in [2.45, 2.75) is 32.9 Å². The average Bonchev–Trinajstić information content (AvgIpc) is 2.86. The van der Waals surface area contributed by atoms with E-state index >= 15 is 0 Å². The monoisotopic (exact) mass is 468 g/mol. The van der Waals surface area contributed by atoms with Gasteiger partial charge >= 0.3 is 5.69 Å². The van der Waals surface area contributed by atoms with Crippen LogP contribution in [0.3, 0.4) is 0 Å². The van der Waals surface area contributed by atoms with Crippen molar-refractivity contribution < 1.29 is 4.79 Å². The maximum atomic E-state index is 13.7. The van der Waals surface area contributed by atoms with E-state index in [1.54, 1.807) is 12.1 Å². The smallest absolute Gasteiger partial charge is 0.330 e. The molecule has 4 rings (SSSR count). The number of hydrogen-bond acceptors (Lipinski definition) is 4. The third-order valence-corrected chi connectivity index (χ3v) is 5.92. The van der Waals surface area contributed by atoms with Crippen LogP contribution in [0.15, 0.2) is 94.5 Å². The second-order valence-electron chi connectivity index (χ2n) is 8.72. The van der Waals surface area contributed by atoms with E-state index in [2.05, 4.69) is 18.8 Å².